The Labute approximate surface area is 117 Å². The molecular weight excluding hydrogens is 250 g/mol. The summed E-state index contributed by atoms with van der Waals surface area (Å²) in [6.45, 7) is 0.722. The second-order valence-electron chi connectivity index (χ2n) is 4.75. The van der Waals surface area contributed by atoms with E-state index in [1.165, 1.54) is 5.52 Å². The van der Waals surface area contributed by atoms with E-state index < -0.39 is 0 Å². The summed E-state index contributed by atoms with van der Waals surface area (Å²) < 4.78 is 2.01. The highest BCUT2D eigenvalue weighted by Crippen LogP contribution is 2.09. The molecule has 5 nitrogen and oxygen atoms in total. The Hall–Kier alpha value is -2.56. The van der Waals surface area contributed by atoms with Crippen molar-refractivity contribution in [1.29, 1.82) is 0 Å². The first-order valence-corrected chi connectivity index (χ1v) is 6.51. The van der Waals surface area contributed by atoms with Gasteiger partial charge in [-0.3, -0.25) is 4.99 Å². The normalized spacial score (nSPS) is 16.0. The van der Waals surface area contributed by atoms with E-state index in [0.29, 0.717) is 0 Å². The molecule has 20 heavy (non-hydrogen) atoms. The summed E-state index contributed by atoms with van der Waals surface area (Å²) in [7, 11) is 4.00. The molecule has 0 saturated heterocycles. The van der Waals surface area contributed by atoms with Crippen LogP contribution < -0.4 is 5.32 Å². The predicted molar refractivity (Wildman–Crippen MR) is 81.1 cm³/mol. The Kier molecular flexibility index (Phi) is 3.25. The molecule has 0 radical (unpaired) electrons. The number of hydrogen-bond donors (Lipinski definition) is 1. The Balaban J connectivity index is 0.000000121. The molecule has 0 saturated carbocycles. The molecule has 3 heterocycles. The van der Waals surface area contributed by atoms with E-state index in [1.54, 1.807) is 0 Å². The van der Waals surface area contributed by atoms with E-state index in [2.05, 4.69) is 21.4 Å². The number of nitrogens with zero attached hydrogens (tertiary/aromatic N) is 4. The average molecular weight is 267 g/mol. The first-order chi connectivity index (χ1) is 9.74. The zero-order chi connectivity index (χ0) is 13.9. The summed E-state index contributed by atoms with van der Waals surface area (Å²) >= 11 is 0. The standard InChI is InChI=1S/C8H8N2.C7H9N3/c1-10-6-9-7-4-2-3-5-8(7)10;1-10-3-2-6-7(4-10)9-5-8-6/h2-6H,1H3;2-4,9H,5H2,1H3. The van der Waals surface area contributed by atoms with Gasteiger partial charge in [0.05, 0.1) is 28.8 Å². The molecule has 0 unspecified atom stereocenters. The third-order valence-electron chi connectivity index (χ3n) is 3.23. The van der Waals surface area contributed by atoms with Gasteiger partial charge in [0, 0.05) is 26.5 Å². The smallest absolute Gasteiger partial charge is 0.108 e. The fourth-order valence-corrected chi connectivity index (χ4v) is 2.16. The molecule has 0 bridgehead atoms. The van der Waals surface area contributed by atoms with E-state index in [9.17, 15) is 0 Å². The van der Waals surface area contributed by atoms with Gasteiger partial charge in [-0.1, -0.05) is 12.1 Å². The summed E-state index contributed by atoms with van der Waals surface area (Å²) in [5, 5.41) is 3.15. The first-order valence-electron chi connectivity index (χ1n) is 6.51. The van der Waals surface area contributed by atoms with Crippen molar-refractivity contribution in [1.82, 2.24) is 19.8 Å². The topological polar surface area (TPSA) is 45.5 Å². The van der Waals surface area contributed by atoms with Crippen LogP contribution in [-0.4, -0.2) is 33.9 Å². The minimum atomic E-state index is 0.722. The molecule has 1 aromatic heterocycles. The van der Waals surface area contributed by atoms with Gasteiger partial charge in [-0.25, -0.2) is 4.98 Å². The van der Waals surface area contributed by atoms with Gasteiger partial charge in [-0.2, -0.15) is 0 Å². The number of aliphatic imine (C=N–C) groups is 1. The molecule has 0 amide bonds. The molecular formula is C15H17N5. The average Bonchev–Trinajstić information content (AvgIpc) is 3.07. The van der Waals surface area contributed by atoms with E-state index in [-0.39, 0.29) is 0 Å². The highest BCUT2D eigenvalue weighted by atomic mass is 15.1. The maximum absolute atomic E-state index is 4.22. The molecule has 2 aromatic rings. The lowest BCUT2D eigenvalue weighted by Gasteiger charge is -2.13. The number of aromatic nitrogens is 2. The molecule has 0 spiro atoms. The molecule has 5 heteroatoms. The summed E-state index contributed by atoms with van der Waals surface area (Å²) in [5.41, 5.74) is 4.44. The minimum absolute atomic E-state index is 0.722. The van der Waals surface area contributed by atoms with Crippen molar-refractivity contribution in [3.63, 3.8) is 0 Å². The largest absolute Gasteiger partial charge is 0.363 e. The van der Waals surface area contributed by atoms with Gasteiger partial charge in [0.25, 0.3) is 0 Å². The van der Waals surface area contributed by atoms with Crippen molar-refractivity contribution in [2.24, 2.45) is 12.0 Å². The van der Waals surface area contributed by atoms with Crippen LogP contribution in [0.25, 0.3) is 11.0 Å². The zero-order valence-electron chi connectivity index (χ0n) is 11.6. The third-order valence-corrected chi connectivity index (χ3v) is 3.23. The number of benzene rings is 1. The summed E-state index contributed by atoms with van der Waals surface area (Å²) in [6.07, 6.45) is 7.86. The van der Waals surface area contributed by atoms with Crippen LogP contribution in [0.3, 0.4) is 0 Å². The molecule has 2 aliphatic rings. The van der Waals surface area contributed by atoms with Crippen LogP contribution in [0.2, 0.25) is 0 Å². The second kappa shape index (κ2) is 5.21. The van der Waals surface area contributed by atoms with Crippen LogP contribution in [0.15, 0.2) is 59.8 Å². The van der Waals surface area contributed by atoms with Crippen molar-refractivity contribution in [3.05, 3.63) is 54.8 Å². The van der Waals surface area contributed by atoms with Gasteiger partial charge < -0.3 is 14.8 Å². The van der Waals surface area contributed by atoms with Gasteiger partial charge in [0.15, 0.2) is 0 Å². The lowest BCUT2D eigenvalue weighted by molar-refractivity contribution is 0.613. The van der Waals surface area contributed by atoms with Gasteiger partial charge in [0.1, 0.15) is 6.67 Å². The molecule has 1 N–H and O–H groups in total. The Morgan fingerprint density at radius 1 is 1.20 bits per heavy atom. The molecule has 1 aromatic carbocycles. The van der Waals surface area contributed by atoms with Crippen molar-refractivity contribution < 1.29 is 0 Å². The minimum Gasteiger partial charge on any atom is -0.363 e. The van der Waals surface area contributed by atoms with E-state index in [1.807, 2.05) is 66.6 Å². The first kappa shape index (κ1) is 12.5. The number of para-hydroxylation sites is 2. The molecule has 4 rings (SSSR count). The molecule has 2 aliphatic heterocycles. The second-order valence-corrected chi connectivity index (χ2v) is 4.75. The highest BCUT2D eigenvalue weighted by molar-refractivity contribution is 6.09. The maximum atomic E-state index is 4.22. The fourth-order valence-electron chi connectivity index (χ4n) is 2.16. The quantitative estimate of drug-likeness (QED) is 0.792. The van der Waals surface area contributed by atoms with Crippen molar-refractivity contribution >= 4 is 16.7 Å². The number of aryl methyl sites for hydroxylation is 1. The number of nitrogens with one attached hydrogen (secondary N) is 1. The monoisotopic (exact) mass is 267 g/mol. The predicted octanol–water partition coefficient (Wildman–Crippen LogP) is 1.86. The SMILES string of the molecule is CN1C=CC2=NCNC2=C1.Cn1cnc2ccccc21. The summed E-state index contributed by atoms with van der Waals surface area (Å²) in [4.78, 5) is 10.4. The number of rotatable bonds is 0. The number of hydrogen-bond acceptors (Lipinski definition) is 4. The highest BCUT2D eigenvalue weighted by Gasteiger charge is 2.12. The Morgan fingerprint density at radius 3 is 2.90 bits per heavy atom. The summed E-state index contributed by atoms with van der Waals surface area (Å²) in [6, 6.07) is 8.08. The Morgan fingerprint density at radius 2 is 2.05 bits per heavy atom. The van der Waals surface area contributed by atoms with Crippen LogP contribution in [0.1, 0.15) is 0 Å². The van der Waals surface area contributed by atoms with Gasteiger partial charge in [-0.15, -0.1) is 0 Å². The van der Waals surface area contributed by atoms with Crippen molar-refractivity contribution in [2.75, 3.05) is 13.7 Å². The molecule has 0 atom stereocenters. The van der Waals surface area contributed by atoms with Crippen molar-refractivity contribution in [3.8, 4) is 0 Å². The van der Waals surface area contributed by atoms with Crippen LogP contribution in [0.4, 0.5) is 0 Å². The van der Waals surface area contributed by atoms with Crippen molar-refractivity contribution in [2.45, 2.75) is 0 Å². The number of allylic oxidation sites excluding steroid dienone is 1. The Bertz CT molecular complexity index is 708. The van der Waals surface area contributed by atoms with E-state index in [0.717, 1.165) is 23.6 Å². The summed E-state index contributed by atoms with van der Waals surface area (Å²) in [5.74, 6) is 0. The van der Waals surface area contributed by atoms with Crippen LogP contribution >= 0.6 is 0 Å². The zero-order valence-corrected chi connectivity index (χ0v) is 11.6. The number of imidazole rings is 1. The third kappa shape index (κ3) is 2.42. The van der Waals surface area contributed by atoms with E-state index >= 15 is 0 Å². The van der Waals surface area contributed by atoms with Gasteiger partial charge >= 0.3 is 0 Å². The lowest BCUT2D eigenvalue weighted by Crippen LogP contribution is -2.18. The molecule has 102 valence electrons. The number of fused-ring (bicyclic) bond motifs is 2. The lowest BCUT2D eigenvalue weighted by atomic mass is 10.2. The van der Waals surface area contributed by atoms with E-state index in [4.69, 9.17) is 0 Å². The fraction of sp³-hybridized carbons (Fsp3) is 0.200. The van der Waals surface area contributed by atoms with Crippen LogP contribution in [0, 0.1) is 0 Å². The van der Waals surface area contributed by atoms with Gasteiger partial charge in [0.2, 0.25) is 0 Å². The molecule has 0 fully saturated rings. The van der Waals surface area contributed by atoms with Crippen LogP contribution in [-0.2, 0) is 7.05 Å². The molecule has 0 aliphatic carbocycles. The maximum Gasteiger partial charge on any atom is 0.108 e. The van der Waals surface area contributed by atoms with Crippen LogP contribution in [0.5, 0.6) is 0 Å². The van der Waals surface area contributed by atoms with Gasteiger partial charge in [-0.05, 0) is 18.2 Å².